The summed E-state index contributed by atoms with van der Waals surface area (Å²) in [6, 6.07) is 8.26. The number of benzene rings is 1. The van der Waals surface area contributed by atoms with Gasteiger partial charge in [-0.25, -0.2) is 0 Å². The summed E-state index contributed by atoms with van der Waals surface area (Å²) < 4.78 is 22.4. The zero-order valence-electron chi connectivity index (χ0n) is 15.0. The summed E-state index contributed by atoms with van der Waals surface area (Å²) in [7, 11) is 0. The highest BCUT2D eigenvalue weighted by molar-refractivity contribution is 5.26. The van der Waals surface area contributed by atoms with Gasteiger partial charge in [0, 0.05) is 10.8 Å². The van der Waals surface area contributed by atoms with E-state index in [1.807, 2.05) is 12.1 Å². The van der Waals surface area contributed by atoms with Crippen LogP contribution in [0.1, 0.15) is 38.7 Å². The molecular weight excluding hydrogens is 304 g/mol. The maximum absolute atomic E-state index is 5.89. The van der Waals surface area contributed by atoms with Gasteiger partial charge in [0.15, 0.2) is 0 Å². The molecule has 2 heterocycles. The van der Waals surface area contributed by atoms with E-state index in [0.29, 0.717) is 12.0 Å². The van der Waals surface area contributed by atoms with Gasteiger partial charge in [-0.2, -0.15) is 0 Å². The number of hydrogen-bond donors (Lipinski definition) is 0. The highest BCUT2D eigenvalue weighted by Gasteiger charge is 2.37. The minimum Gasteiger partial charge on any atom is -0.494 e. The molecule has 0 amide bonds. The van der Waals surface area contributed by atoms with Crippen LogP contribution in [0.25, 0.3) is 0 Å². The second-order valence-electron chi connectivity index (χ2n) is 7.43. The zero-order valence-corrected chi connectivity index (χ0v) is 15.0. The molecule has 0 N–H and O–H groups in total. The summed E-state index contributed by atoms with van der Waals surface area (Å²) in [4.78, 5) is 0. The summed E-state index contributed by atoms with van der Waals surface area (Å²) in [5, 5.41) is 0. The first-order valence-corrected chi connectivity index (χ1v) is 9.14. The minimum atomic E-state index is 0.253. The number of hydrogen-bond acceptors (Lipinski definition) is 4. The Labute approximate surface area is 145 Å². The van der Waals surface area contributed by atoms with Crippen LogP contribution in [0.5, 0.6) is 5.75 Å². The monoisotopic (exact) mass is 334 g/mol. The topological polar surface area (TPSA) is 36.9 Å². The highest BCUT2D eigenvalue weighted by Crippen LogP contribution is 2.35. The molecule has 2 saturated heterocycles. The van der Waals surface area contributed by atoms with E-state index in [1.165, 1.54) is 5.56 Å². The van der Waals surface area contributed by atoms with Crippen molar-refractivity contribution in [3.8, 4) is 5.75 Å². The third-order valence-corrected chi connectivity index (χ3v) is 5.63. The number of rotatable bonds is 10. The molecule has 0 aliphatic carbocycles. The molecule has 0 unspecified atom stereocenters. The van der Waals surface area contributed by atoms with Gasteiger partial charge in [-0.05, 0) is 37.0 Å². The summed E-state index contributed by atoms with van der Waals surface area (Å²) in [5.74, 6) is 0.933. The maximum atomic E-state index is 5.89. The fraction of sp³-hybridized carbons (Fsp3) is 0.700. The third kappa shape index (κ3) is 4.11. The van der Waals surface area contributed by atoms with Crippen LogP contribution >= 0.6 is 0 Å². The van der Waals surface area contributed by atoms with Crippen LogP contribution < -0.4 is 4.74 Å². The van der Waals surface area contributed by atoms with Crippen LogP contribution in [0.3, 0.4) is 0 Å². The van der Waals surface area contributed by atoms with Crippen molar-refractivity contribution in [2.75, 3.05) is 39.6 Å². The van der Waals surface area contributed by atoms with Gasteiger partial charge in [0.2, 0.25) is 0 Å². The highest BCUT2D eigenvalue weighted by atomic mass is 16.5. The van der Waals surface area contributed by atoms with Gasteiger partial charge in [0.05, 0.1) is 46.2 Å². The van der Waals surface area contributed by atoms with Crippen LogP contribution in [0.4, 0.5) is 0 Å². The van der Waals surface area contributed by atoms with Crippen molar-refractivity contribution < 1.29 is 18.9 Å². The van der Waals surface area contributed by atoms with Crippen molar-refractivity contribution in [2.24, 2.45) is 10.8 Å². The second-order valence-corrected chi connectivity index (χ2v) is 7.43. The molecule has 24 heavy (non-hydrogen) atoms. The van der Waals surface area contributed by atoms with Crippen LogP contribution in [0, 0.1) is 10.8 Å². The van der Waals surface area contributed by atoms with Gasteiger partial charge < -0.3 is 18.9 Å². The lowest BCUT2D eigenvalue weighted by molar-refractivity contribution is -0.152. The Kier molecular flexibility index (Phi) is 5.80. The van der Waals surface area contributed by atoms with Gasteiger partial charge >= 0.3 is 0 Å². The van der Waals surface area contributed by atoms with Crippen LogP contribution in [-0.2, 0) is 20.8 Å². The molecule has 0 radical (unpaired) electrons. The Morgan fingerprint density at radius 1 is 0.917 bits per heavy atom. The normalized spacial score (nSPS) is 20.9. The first-order valence-electron chi connectivity index (χ1n) is 9.14. The molecule has 1 aromatic rings. The second kappa shape index (κ2) is 7.85. The Bertz CT molecular complexity index is 445. The summed E-state index contributed by atoms with van der Waals surface area (Å²) in [5.41, 5.74) is 1.80. The lowest BCUT2D eigenvalue weighted by atomic mass is 9.80. The van der Waals surface area contributed by atoms with Crippen LogP contribution in [0.15, 0.2) is 24.3 Å². The minimum absolute atomic E-state index is 0.253. The molecule has 4 heteroatoms. The van der Waals surface area contributed by atoms with E-state index in [4.69, 9.17) is 18.9 Å². The quantitative estimate of drug-likeness (QED) is 0.652. The molecule has 134 valence electrons. The molecule has 4 nitrogen and oxygen atoms in total. The summed E-state index contributed by atoms with van der Waals surface area (Å²) in [6.45, 7) is 10.1. The summed E-state index contributed by atoms with van der Waals surface area (Å²) >= 11 is 0. The molecule has 2 aliphatic heterocycles. The Hall–Kier alpha value is -1.10. The largest absolute Gasteiger partial charge is 0.494 e. The van der Waals surface area contributed by atoms with E-state index in [9.17, 15) is 0 Å². The van der Waals surface area contributed by atoms with E-state index in [-0.39, 0.29) is 5.41 Å². The van der Waals surface area contributed by atoms with Crippen LogP contribution in [-0.4, -0.2) is 39.6 Å². The molecule has 1 aromatic carbocycles. The van der Waals surface area contributed by atoms with Gasteiger partial charge in [0.25, 0.3) is 0 Å². The van der Waals surface area contributed by atoms with Gasteiger partial charge in [-0.15, -0.1) is 0 Å². The lowest BCUT2D eigenvalue weighted by Gasteiger charge is -2.40. The van der Waals surface area contributed by atoms with E-state index in [0.717, 1.165) is 64.7 Å². The molecule has 0 saturated carbocycles. The zero-order chi connectivity index (χ0) is 16.9. The van der Waals surface area contributed by atoms with E-state index >= 15 is 0 Å². The van der Waals surface area contributed by atoms with E-state index < -0.39 is 0 Å². The average molecular weight is 334 g/mol. The Morgan fingerprint density at radius 2 is 1.54 bits per heavy atom. The van der Waals surface area contributed by atoms with Crippen molar-refractivity contribution in [1.29, 1.82) is 0 Å². The molecule has 3 rings (SSSR count). The first kappa shape index (κ1) is 17.7. The SMILES string of the molecule is CCC1(CCOc2ccc(COCC3(CC)COC3)cc2)COC1. The molecular formula is C20H30O4. The molecule has 2 aliphatic rings. The van der Waals surface area contributed by atoms with Crippen LogP contribution in [0.2, 0.25) is 0 Å². The van der Waals surface area contributed by atoms with Gasteiger partial charge in [0.1, 0.15) is 5.75 Å². The maximum Gasteiger partial charge on any atom is 0.119 e. The fourth-order valence-electron chi connectivity index (χ4n) is 3.15. The van der Waals surface area contributed by atoms with Gasteiger partial charge in [-0.1, -0.05) is 26.0 Å². The first-order chi connectivity index (χ1) is 11.7. The predicted molar refractivity (Wildman–Crippen MR) is 93.3 cm³/mol. The lowest BCUT2D eigenvalue weighted by Crippen LogP contribution is -2.45. The Balaban J connectivity index is 1.37. The predicted octanol–water partition coefficient (Wildman–Crippen LogP) is 3.83. The van der Waals surface area contributed by atoms with Gasteiger partial charge in [-0.3, -0.25) is 0 Å². The van der Waals surface area contributed by atoms with Crippen molar-refractivity contribution in [3.05, 3.63) is 29.8 Å². The molecule has 0 atom stereocenters. The van der Waals surface area contributed by atoms with Crippen molar-refractivity contribution in [1.82, 2.24) is 0 Å². The van der Waals surface area contributed by atoms with E-state index in [2.05, 4.69) is 26.0 Å². The Morgan fingerprint density at radius 3 is 2.04 bits per heavy atom. The third-order valence-electron chi connectivity index (χ3n) is 5.63. The molecule has 0 aromatic heterocycles. The number of ether oxygens (including phenoxy) is 4. The molecule has 0 bridgehead atoms. The average Bonchev–Trinajstić information content (AvgIpc) is 2.54. The van der Waals surface area contributed by atoms with E-state index in [1.54, 1.807) is 0 Å². The fourth-order valence-corrected chi connectivity index (χ4v) is 3.15. The molecule has 0 spiro atoms. The molecule has 2 fully saturated rings. The standard InChI is InChI=1S/C20H30O4/c1-3-19(12-22-13-19)9-10-24-18-7-5-17(6-8-18)11-21-14-20(4-2)15-23-16-20/h5-8H,3-4,9-16H2,1-2H3. The van der Waals surface area contributed by atoms with Crippen molar-refractivity contribution in [2.45, 2.75) is 39.7 Å². The van der Waals surface area contributed by atoms with Crippen molar-refractivity contribution in [3.63, 3.8) is 0 Å². The summed E-state index contributed by atoms with van der Waals surface area (Å²) in [6.07, 6.45) is 3.34. The smallest absolute Gasteiger partial charge is 0.119 e. The van der Waals surface area contributed by atoms with Crippen molar-refractivity contribution >= 4 is 0 Å².